The number of rotatable bonds is 6. The Morgan fingerprint density at radius 1 is 1.16 bits per heavy atom. The van der Waals surface area contributed by atoms with Gasteiger partial charge in [0.05, 0.1) is 25.9 Å². The van der Waals surface area contributed by atoms with E-state index in [1.807, 2.05) is 0 Å². The van der Waals surface area contributed by atoms with Crippen LogP contribution in [-0.4, -0.2) is 38.5 Å². The molecule has 0 bridgehead atoms. The number of likely N-dealkylation sites (N-methyl/N-ethyl adjacent to an activating group) is 1. The molecule has 0 radical (unpaired) electrons. The summed E-state index contributed by atoms with van der Waals surface area (Å²) in [5.41, 5.74) is 2.75. The van der Waals surface area contributed by atoms with E-state index in [-0.39, 0.29) is 6.10 Å². The topological polar surface area (TPSA) is 30.5 Å². The Hall–Kier alpha value is -0.900. The molecule has 19 heavy (non-hydrogen) atoms. The van der Waals surface area contributed by atoms with Crippen molar-refractivity contribution in [3.63, 3.8) is 0 Å². The van der Waals surface area contributed by atoms with Gasteiger partial charge < -0.3 is 14.8 Å². The first-order valence-corrected chi connectivity index (χ1v) is 7.34. The van der Waals surface area contributed by atoms with Crippen molar-refractivity contribution in [3.05, 3.63) is 35.4 Å². The number of hydrogen-bond donors (Lipinski definition) is 1. The highest BCUT2D eigenvalue weighted by atomic mass is 16.6. The molecule has 0 saturated carbocycles. The van der Waals surface area contributed by atoms with Crippen LogP contribution in [0, 0.1) is 0 Å². The van der Waals surface area contributed by atoms with E-state index in [2.05, 4.69) is 43.4 Å². The Balaban J connectivity index is 1.97. The second-order valence-electron chi connectivity index (χ2n) is 5.02. The largest absolute Gasteiger partial charge is 0.376 e. The first-order valence-electron chi connectivity index (χ1n) is 7.34. The van der Waals surface area contributed by atoms with Gasteiger partial charge in [0.15, 0.2) is 0 Å². The fourth-order valence-corrected chi connectivity index (χ4v) is 2.50. The van der Waals surface area contributed by atoms with Gasteiger partial charge in [-0.2, -0.15) is 0 Å². The van der Waals surface area contributed by atoms with Gasteiger partial charge in [-0.1, -0.05) is 38.1 Å². The SMILES string of the molecule is CCNC(Cc1ccc(CC)cc1)C1COCCO1. The molecule has 1 saturated heterocycles. The fraction of sp³-hybridized carbons (Fsp3) is 0.625. The van der Waals surface area contributed by atoms with E-state index >= 15 is 0 Å². The zero-order chi connectivity index (χ0) is 13.5. The van der Waals surface area contributed by atoms with Crippen molar-refractivity contribution in [2.75, 3.05) is 26.4 Å². The summed E-state index contributed by atoms with van der Waals surface area (Å²) in [7, 11) is 0. The van der Waals surface area contributed by atoms with Crippen molar-refractivity contribution in [1.82, 2.24) is 5.32 Å². The maximum Gasteiger partial charge on any atom is 0.0965 e. The summed E-state index contributed by atoms with van der Waals surface area (Å²) in [4.78, 5) is 0. The lowest BCUT2D eigenvalue weighted by atomic mass is 9.99. The lowest BCUT2D eigenvalue weighted by Crippen LogP contribution is -2.47. The fourth-order valence-electron chi connectivity index (χ4n) is 2.50. The maximum atomic E-state index is 5.82. The van der Waals surface area contributed by atoms with Crippen molar-refractivity contribution in [3.8, 4) is 0 Å². The zero-order valence-corrected chi connectivity index (χ0v) is 12.0. The standard InChI is InChI=1S/C16H25NO2/c1-3-13-5-7-14(8-6-13)11-15(17-4-2)16-12-18-9-10-19-16/h5-8,15-17H,3-4,9-12H2,1-2H3. The molecule has 2 rings (SSSR count). The Morgan fingerprint density at radius 2 is 1.89 bits per heavy atom. The molecule has 1 aliphatic rings. The molecular formula is C16H25NO2. The Kier molecular flexibility index (Phi) is 5.83. The normalized spacial score (nSPS) is 21.3. The summed E-state index contributed by atoms with van der Waals surface area (Å²) < 4.78 is 11.3. The highest BCUT2D eigenvalue weighted by Gasteiger charge is 2.24. The molecule has 1 N–H and O–H groups in total. The average Bonchev–Trinajstić information content (AvgIpc) is 2.48. The van der Waals surface area contributed by atoms with Crippen molar-refractivity contribution < 1.29 is 9.47 Å². The molecule has 2 unspecified atom stereocenters. The van der Waals surface area contributed by atoms with E-state index in [1.54, 1.807) is 0 Å². The number of ether oxygens (including phenoxy) is 2. The van der Waals surface area contributed by atoms with E-state index in [1.165, 1.54) is 11.1 Å². The third-order valence-electron chi connectivity index (χ3n) is 3.64. The summed E-state index contributed by atoms with van der Waals surface area (Å²) in [6.45, 7) is 7.41. The van der Waals surface area contributed by atoms with Gasteiger partial charge in [-0.05, 0) is 30.5 Å². The summed E-state index contributed by atoms with van der Waals surface area (Å²) in [5, 5.41) is 3.52. The minimum absolute atomic E-state index is 0.166. The summed E-state index contributed by atoms with van der Waals surface area (Å²) in [5.74, 6) is 0. The van der Waals surface area contributed by atoms with E-state index in [0.717, 1.165) is 26.0 Å². The molecule has 0 aromatic heterocycles. The van der Waals surface area contributed by atoms with E-state index in [0.29, 0.717) is 19.3 Å². The van der Waals surface area contributed by atoms with Gasteiger partial charge in [0.2, 0.25) is 0 Å². The van der Waals surface area contributed by atoms with Crippen LogP contribution in [0.5, 0.6) is 0 Å². The molecule has 0 amide bonds. The van der Waals surface area contributed by atoms with Crippen molar-refractivity contribution >= 4 is 0 Å². The van der Waals surface area contributed by atoms with Crippen LogP contribution in [0.15, 0.2) is 24.3 Å². The molecule has 0 aliphatic carbocycles. The third kappa shape index (κ3) is 4.30. The van der Waals surface area contributed by atoms with Crippen molar-refractivity contribution in [2.45, 2.75) is 38.8 Å². The Labute approximate surface area is 116 Å². The van der Waals surface area contributed by atoms with Crippen molar-refractivity contribution in [1.29, 1.82) is 0 Å². The quantitative estimate of drug-likeness (QED) is 0.853. The van der Waals surface area contributed by atoms with E-state index in [9.17, 15) is 0 Å². The molecule has 3 heteroatoms. The first-order chi connectivity index (χ1) is 9.33. The molecule has 2 atom stereocenters. The molecule has 1 aromatic carbocycles. The van der Waals surface area contributed by atoms with E-state index < -0.39 is 0 Å². The van der Waals surface area contributed by atoms with Crippen LogP contribution < -0.4 is 5.32 Å². The lowest BCUT2D eigenvalue weighted by Gasteiger charge is -2.31. The second kappa shape index (κ2) is 7.63. The molecular weight excluding hydrogens is 238 g/mol. The highest BCUT2D eigenvalue weighted by Crippen LogP contribution is 2.13. The maximum absolute atomic E-state index is 5.82. The van der Waals surface area contributed by atoms with Crippen LogP contribution in [0.1, 0.15) is 25.0 Å². The molecule has 1 aliphatic heterocycles. The van der Waals surface area contributed by atoms with Crippen LogP contribution in [-0.2, 0) is 22.3 Å². The van der Waals surface area contributed by atoms with Crippen LogP contribution in [0.3, 0.4) is 0 Å². The minimum Gasteiger partial charge on any atom is -0.376 e. The van der Waals surface area contributed by atoms with Crippen molar-refractivity contribution in [2.24, 2.45) is 0 Å². The number of nitrogens with one attached hydrogen (secondary N) is 1. The summed E-state index contributed by atoms with van der Waals surface area (Å²) >= 11 is 0. The average molecular weight is 263 g/mol. The number of aryl methyl sites for hydroxylation is 1. The smallest absolute Gasteiger partial charge is 0.0965 e. The zero-order valence-electron chi connectivity index (χ0n) is 12.0. The predicted molar refractivity (Wildman–Crippen MR) is 77.5 cm³/mol. The van der Waals surface area contributed by atoms with Crippen LogP contribution in [0.25, 0.3) is 0 Å². The van der Waals surface area contributed by atoms with Gasteiger partial charge in [0.25, 0.3) is 0 Å². The molecule has 3 nitrogen and oxygen atoms in total. The van der Waals surface area contributed by atoms with E-state index in [4.69, 9.17) is 9.47 Å². The first kappa shape index (κ1) is 14.5. The van der Waals surface area contributed by atoms with Gasteiger partial charge in [-0.15, -0.1) is 0 Å². The predicted octanol–water partition coefficient (Wildman–Crippen LogP) is 2.18. The van der Waals surface area contributed by atoms with Gasteiger partial charge in [0, 0.05) is 6.04 Å². The van der Waals surface area contributed by atoms with Crippen LogP contribution >= 0.6 is 0 Å². The number of hydrogen-bond acceptors (Lipinski definition) is 3. The van der Waals surface area contributed by atoms with Gasteiger partial charge in [-0.25, -0.2) is 0 Å². The molecule has 1 heterocycles. The number of benzene rings is 1. The summed E-state index contributed by atoms with van der Waals surface area (Å²) in [6, 6.07) is 9.23. The lowest BCUT2D eigenvalue weighted by molar-refractivity contribution is -0.101. The molecule has 0 spiro atoms. The third-order valence-corrected chi connectivity index (χ3v) is 3.64. The molecule has 1 fully saturated rings. The Morgan fingerprint density at radius 3 is 2.47 bits per heavy atom. The van der Waals surface area contributed by atoms with Crippen LogP contribution in [0.2, 0.25) is 0 Å². The van der Waals surface area contributed by atoms with Gasteiger partial charge in [-0.3, -0.25) is 0 Å². The Bertz CT molecular complexity index is 358. The molecule has 1 aromatic rings. The van der Waals surface area contributed by atoms with Gasteiger partial charge in [0.1, 0.15) is 0 Å². The second-order valence-corrected chi connectivity index (χ2v) is 5.02. The molecule has 106 valence electrons. The monoisotopic (exact) mass is 263 g/mol. The van der Waals surface area contributed by atoms with Crippen LogP contribution in [0.4, 0.5) is 0 Å². The summed E-state index contributed by atoms with van der Waals surface area (Å²) in [6.07, 6.45) is 2.25. The highest BCUT2D eigenvalue weighted by molar-refractivity contribution is 5.23. The van der Waals surface area contributed by atoms with Gasteiger partial charge >= 0.3 is 0 Å². The minimum atomic E-state index is 0.166.